The van der Waals surface area contributed by atoms with E-state index >= 15 is 0 Å². The van der Waals surface area contributed by atoms with E-state index in [9.17, 15) is 9.59 Å². The lowest BCUT2D eigenvalue weighted by Crippen LogP contribution is -2.48. The Morgan fingerprint density at radius 1 is 1.13 bits per heavy atom. The van der Waals surface area contributed by atoms with E-state index < -0.39 is 17.1 Å². The fourth-order valence-electron chi connectivity index (χ4n) is 2.94. The average molecular weight is 311 g/mol. The maximum Gasteiger partial charge on any atom is 0.325 e. The van der Waals surface area contributed by atoms with Gasteiger partial charge in [0.05, 0.1) is 0 Å². The maximum atomic E-state index is 12.8. The number of imide groups is 1. The maximum absolute atomic E-state index is 12.8. The van der Waals surface area contributed by atoms with Gasteiger partial charge in [-0.15, -0.1) is 0 Å². The van der Waals surface area contributed by atoms with Gasteiger partial charge in [0, 0.05) is 12.1 Å². The van der Waals surface area contributed by atoms with Crippen molar-refractivity contribution in [3.63, 3.8) is 0 Å². The highest BCUT2D eigenvalue weighted by Crippen LogP contribution is 2.31. The summed E-state index contributed by atoms with van der Waals surface area (Å²) in [6.07, 6.45) is 0. The van der Waals surface area contributed by atoms with Crippen molar-refractivity contribution in [3.8, 4) is 0 Å². The zero-order chi connectivity index (χ0) is 16.8. The number of urea groups is 1. The van der Waals surface area contributed by atoms with Gasteiger partial charge in [-0.25, -0.2) is 4.79 Å². The first-order valence-electron chi connectivity index (χ1n) is 7.63. The molecule has 5 nitrogen and oxygen atoms in total. The standard InChI is InChI=1S/C18H21N3O2/c1-17(2,19)11-21-15(22)18(3,20-16(21)23)14-9-8-12-6-4-5-7-13(12)10-14/h4-10H,11,19H2,1-3H3,(H,20,23). The van der Waals surface area contributed by atoms with E-state index in [1.165, 1.54) is 4.90 Å². The first kappa shape index (κ1) is 15.5. The molecule has 2 aromatic carbocycles. The summed E-state index contributed by atoms with van der Waals surface area (Å²) >= 11 is 0. The minimum absolute atomic E-state index is 0.181. The molecule has 1 aliphatic heterocycles. The molecule has 1 aliphatic rings. The molecule has 3 amide bonds. The van der Waals surface area contributed by atoms with Gasteiger partial charge in [-0.1, -0.05) is 36.4 Å². The number of nitrogens with one attached hydrogen (secondary N) is 1. The third-order valence-corrected chi connectivity index (χ3v) is 4.17. The van der Waals surface area contributed by atoms with Gasteiger partial charge in [-0.05, 0) is 43.2 Å². The van der Waals surface area contributed by atoms with Gasteiger partial charge in [-0.3, -0.25) is 9.69 Å². The number of carbonyl (C=O) groups excluding carboxylic acids is 2. The van der Waals surface area contributed by atoms with Crippen molar-refractivity contribution in [3.05, 3.63) is 48.0 Å². The van der Waals surface area contributed by atoms with E-state index in [-0.39, 0.29) is 12.5 Å². The number of nitrogens with zero attached hydrogens (tertiary/aromatic N) is 1. The van der Waals surface area contributed by atoms with E-state index in [0.717, 1.165) is 16.3 Å². The molecule has 3 rings (SSSR count). The Morgan fingerprint density at radius 2 is 1.78 bits per heavy atom. The summed E-state index contributed by atoms with van der Waals surface area (Å²) in [5, 5.41) is 4.94. The highest BCUT2D eigenvalue weighted by atomic mass is 16.2. The van der Waals surface area contributed by atoms with Crippen LogP contribution in [0.25, 0.3) is 10.8 Å². The minimum Gasteiger partial charge on any atom is -0.324 e. The molecule has 0 saturated carbocycles. The lowest BCUT2D eigenvalue weighted by atomic mass is 9.90. The van der Waals surface area contributed by atoms with Crippen LogP contribution in [0.1, 0.15) is 26.3 Å². The lowest BCUT2D eigenvalue weighted by Gasteiger charge is -2.26. The van der Waals surface area contributed by atoms with Crippen LogP contribution in [0.4, 0.5) is 4.79 Å². The molecule has 2 aromatic rings. The largest absolute Gasteiger partial charge is 0.325 e. The molecule has 0 aliphatic carbocycles. The Bertz CT molecular complexity index is 794. The Balaban J connectivity index is 2.00. The van der Waals surface area contributed by atoms with Gasteiger partial charge in [0.2, 0.25) is 0 Å². The molecule has 1 fully saturated rings. The van der Waals surface area contributed by atoms with Crippen LogP contribution in [-0.4, -0.2) is 28.9 Å². The van der Waals surface area contributed by atoms with Gasteiger partial charge in [0.1, 0.15) is 5.54 Å². The van der Waals surface area contributed by atoms with Crippen LogP contribution >= 0.6 is 0 Å². The number of benzene rings is 2. The van der Waals surface area contributed by atoms with E-state index in [2.05, 4.69) is 5.32 Å². The Hall–Kier alpha value is -2.40. The lowest BCUT2D eigenvalue weighted by molar-refractivity contribution is -0.131. The molecule has 1 unspecified atom stereocenters. The number of hydrogen-bond donors (Lipinski definition) is 2. The van der Waals surface area contributed by atoms with Crippen LogP contribution in [0.5, 0.6) is 0 Å². The molecular weight excluding hydrogens is 290 g/mol. The molecule has 3 N–H and O–H groups in total. The van der Waals surface area contributed by atoms with E-state index in [1.54, 1.807) is 20.8 Å². The normalized spacial score (nSPS) is 21.8. The number of amides is 3. The predicted octanol–water partition coefficient (Wildman–Crippen LogP) is 2.34. The molecule has 0 bridgehead atoms. The molecule has 1 saturated heterocycles. The first-order chi connectivity index (χ1) is 10.7. The Morgan fingerprint density at radius 3 is 2.43 bits per heavy atom. The SMILES string of the molecule is CC(C)(N)CN1C(=O)NC(C)(c2ccc3ccccc3c2)C1=O. The van der Waals surface area contributed by atoms with Crippen molar-refractivity contribution in [2.24, 2.45) is 5.73 Å². The molecule has 0 aromatic heterocycles. The topological polar surface area (TPSA) is 75.4 Å². The van der Waals surface area contributed by atoms with Crippen LogP contribution in [0.15, 0.2) is 42.5 Å². The van der Waals surface area contributed by atoms with Crippen molar-refractivity contribution < 1.29 is 9.59 Å². The summed E-state index contributed by atoms with van der Waals surface area (Å²) in [6, 6.07) is 13.3. The van der Waals surface area contributed by atoms with Gasteiger partial charge < -0.3 is 11.1 Å². The number of nitrogens with two attached hydrogens (primary N) is 1. The van der Waals surface area contributed by atoms with Gasteiger partial charge >= 0.3 is 6.03 Å². The average Bonchev–Trinajstić information content (AvgIpc) is 2.70. The van der Waals surface area contributed by atoms with Crippen molar-refractivity contribution in [1.82, 2.24) is 10.2 Å². The minimum atomic E-state index is -1.06. The predicted molar refractivity (Wildman–Crippen MR) is 89.8 cm³/mol. The molecule has 120 valence electrons. The van der Waals surface area contributed by atoms with E-state index in [4.69, 9.17) is 5.73 Å². The van der Waals surface area contributed by atoms with Crippen LogP contribution in [0.3, 0.4) is 0 Å². The van der Waals surface area contributed by atoms with E-state index in [0.29, 0.717) is 0 Å². The first-order valence-corrected chi connectivity index (χ1v) is 7.63. The third-order valence-electron chi connectivity index (χ3n) is 4.17. The molecule has 1 heterocycles. The van der Waals surface area contributed by atoms with E-state index in [1.807, 2.05) is 42.5 Å². The smallest absolute Gasteiger partial charge is 0.324 e. The zero-order valence-electron chi connectivity index (χ0n) is 13.6. The molecule has 0 spiro atoms. The summed E-state index contributed by atoms with van der Waals surface area (Å²) in [5.74, 6) is -0.267. The third kappa shape index (κ3) is 2.68. The second-order valence-corrected chi connectivity index (χ2v) is 7.00. The second-order valence-electron chi connectivity index (χ2n) is 7.00. The molecule has 0 radical (unpaired) electrons. The number of hydrogen-bond acceptors (Lipinski definition) is 3. The van der Waals surface area contributed by atoms with Crippen LogP contribution in [0, 0.1) is 0 Å². The number of fused-ring (bicyclic) bond motifs is 1. The summed E-state index contributed by atoms with van der Waals surface area (Å²) in [5.41, 5.74) is 5.04. The summed E-state index contributed by atoms with van der Waals surface area (Å²) < 4.78 is 0. The number of carbonyl (C=O) groups is 2. The number of rotatable bonds is 3. The Kier molecular flexibility index (Phi) is 3.41. The van der Waals surface area contributed by atoms with Crippen molar-refractivity contribution in [2.75, 3.05) is 6.54 Å². The summed E-state index contributed by atoms with van der Waals surface area (Å²) in [6.45, 7) is 5.50. The quantitative estimate of drug-likeness (QED) is 0.854. The summed E-state index contributed by atoms with van der Waals surface area (Å²) in [4.78, 5) is 26.3. The van der Waals surface area contributed by atoms with Crippen molar-refractivity contribution >= 4 is 22.7 Å². The van der Waals surface area contributed by atoms with Crippen molar-refractivity contribution in [2.45, 2.75) is 31.8 Å². The molecule has 1 atom stereocenters. The van der Waals surface area contributed by atoms with Crippen LogP contribution in [0.2, 0.25) is 0 Å². The second kappa shape index (κ2) is 5.06. The van der Waals surface area contributed by atoms with Gasteiger partial charge in [0.25, 0.3) is 5.91 Å². The highest BCUT2D eigenvalue weighted by Gasteiger charge is 2.49. The molecular formula is C18H21N3O2. The molecule has 23 heavy (non-hydrogen) atoms. The zero-order valence-corrected chi connectivity index (χ0v) is 13.6. The monoisotopic (exact) mass is 311 g/mol. The van der Waals surface area contributed by atoms with Crippen LogP contribution in [-0.2, 0) is 10.3 Å². The van der Waals surface area contributed by atoms with Gasteiger partial charge in [0.15, 0.2) is 0 Å². The highest BCUT2D eigenvalue weighted by molar-refractivity contribution is 6.07. The molecule has 5 heteroatoms. The fourth-order valence-corrected chi connectivity index (χ4v) is 2.94. The fraction of sp³-hybridized carbons (Fsp3) is 0.333. The van der Waals surface area contributed by atoms with Crippen LogP contribution < -0.4 is 11.1 Å². The summed E-state index contributed by atoms with van der Waals surface area (Å²) in [7, 11) is 0. The van der Waals surface area contributed by atoms with Gasteiger partial charge in [-0.2, -0.15) is 0 Å². The Labute approximate surface area is 135 Å². The van der Waals surface area contributed by atoms with Crippen molar-refractivity contribution in [1.29, 1.82) is 0 Å².